The molecule has 1 heterocycles. The fourth-order valence-corrected chi connectivity index (χ4v) is 5.64. The van der Waals surface area contributed by atoms with E-state index >= 15 is 0 Å². The van der Waals surface area contributed by atoms with Crippen LogP contribution in [-0.2, 0) is 16.4 Å². The number of carbonyl (C=O) groups is 1. The van der Waals surface area contributed by atoms with E-state index in [1.165, 1.54) is 50.2 Å². The molecule has 0 aliphatic rings. The van der Waals surface area contributed by atoms with Crippen LogP contribution in [0.3, 0.4) is 0 Å². The van der Waals surface area contributed by atoms with E-state index in [-0.39, 0.29) is 10.7 Å². The predicted octanol–water partition coefficient (Wildman–Crippen LogP) is 6.93. The van der Waals surface area contributed by atoms with Crippen molar-refractivity contribution < 1.29 is 22.4 Å². The summed E-state index contributed by atoms with van der Waals surface area (Å²) in [4.78, 5) is 16.5. The van der Waals surface area contributed by atoms with Gasteiger partial charge in [-0.2, -0.15) is 0 Å². The molecule has 0 radical (unpaired) electrons. The Morgan fingerprint density at radius 2 is 1.55 bits per heavy atom. The highest BCUT2D eigenvalue weighted by molar-refractivity contribution is 7.89. The third kappa shape index (κ3) is 8.18. The summed E-state index contributed by atoms with van der Waals surface area (Å²) in [5.74, 6) is 1.05. The fourth-order valence-electron chi connectivity index (χ4n) is 4.71. The summed E-state index contributed by atoms with van der Waals surface area (Å²) in [5, 5.41) is 0.518. The molecule has 0 atom stereocenters. The van der Waals surface area contributed by atoms with Crippen molar-refractivity contribution in [2.24, 2.45) is 0 Å². The lowest BCUT2D eigenvalue weighted by Gasteiger charge is -2.21. The van der Waals surface area contributed by atoms with Gasteiger partial charge in [-0.3, -0.25) is 4.79 Å². The van der Waals surface area contributed by atoms with Gasteiger partial charge in [-0.15, -0.1) is 0 Å². The molecular weight excluding hydrogens is 524 g/mol. The molecule has 2 aromatic carbocycles. The molecule has 0 saturated heterocycles. The van der Waals surface area contributed by atoms with Crippen molar-refractivity contribution in [3.8, 4) is 5.75 Å². The molecule has 0 amide bonds. The van der Waals surface area contributed by atoms with Gasteiger partial charge >= 0.3 is 0 Å². The highest BCUT2D eigenvalue weighted by Crippen LogP contribution is 2.32. The van der Waals surface area contributed by atoms with Crippen molar-refractivity contribution in [1.82, 2.24) is 9.21 Å². The molecule has 0 spiro atoms. The predicted molar refractivity (Wildman–Crippen MR) is 162 cm³/mol. The largest absolute Gasteiger partial charge is 0.494 e. The molecule has 0 fully saturated rings. The van der Waals surface area contributed by atoms with Gasteiger partial charge in [0, 0.05) is 38.0 Å². The van der Waals surface area contributed by atoms with Crippen molar-refractivity contribution in [3.05, 3.63) is 59.4 Å². The van der Waals surface area contributed by atoms with Crippen LogP contribution in [0.5, 0.6) is 5.75 Å². The first kappa shape index (κ1) is 31.8. The normalized spacial score (nSPS) is 12.1. The minimum atomic E-state index is -3.66. The van der Waals surface area contributed by atoms with E-state index < -0.39 is 10.0 Å². The molecule has 7 nitrogen and oxygen atoms in total. The lowest BCUT2D eigenvalue weighted by atomic mass is 9.98. The zero-order chi connectivity index (χ0) is 29.1. The third-order valence-electron chi connectivity index (χ3n) is 7.13. The summed E-state index contributed by atoms with van der Waals surface area (Å²) >= 11 is 0. The minimum absolute atomic E-state index is 0.130. The summed E-state index contributed by atoms with van der Waals surface area (Å²) in [5.41, 5.74) is 1.43. The average Bonchev–Trinajstić information content (AvgIpc) is 3.32. The highest BCUT2D eigenvalue weighted by atomic mass is 32.2. The average molecular weight is 571 g/mol. The number of ether oxygens (including phenoxy) is 1. The zero-order valence-electron chi connectivity index (χ0n) is 24.9. The maximum atomic E-state index is 13.9. The number of rotatable bonds is 18. The molecule has 0 aliphatic carbocycles. The number of aryl methyl sites for hydroxylation is 1. The first-order valence-electron chi connectivity index (χ1n) is 14.7. The maximum Gasteiger partial charge on any atom is 0.242 e. The molecule has 8 heteroatoms. The van der Waals surface area contributed by atoms with Crippen molar-refractivity contribution in [2.45, 2.75) is 77.0 Å². The number of benzene rings is 2. The number of ketones is 1. The van der Waals surface area contributed by atoms with Gasteiger partial charge in [-0.05, 0) is 69.1 Å². The van der Waals surface area contributed by atoms with Crippen molar-refractivity contribution >= 4 is 26.8 Å². The SMILES string of the molecule is CCCCc1oc2ccc(S(=O)(=O)N(C)C)cc2c1C(=O)c1cccc(OCCCN(CCCC)CCCC)c1. The number of sulfonamides is 1. The van der Waals surface area contributed by atoms with Crippen LogP contribution < -0.4 is 4.74 Å². The van der Waals surface area contributed by atoms with Gasteiger partial charge in [0.25, 0.3) is 0 Å². The third-order valence-corrected chi connectivity index (χ3v) is 8.95. The quantitative estimate of drug-likeness (QED) is 0.122. The monoisotopic (exact) mass is 570 g/mol. The number of carbonyl (C=O) groups excluding carboxylic acids is 1. The van der Waals surface area contributed by atoms with Crippen LogP contribution in [-0.4, -0.2) is 63.7 Å². The number of furan rings is 1. The minimum Gasteiger partial charge on any atom is -0.494 e. The Bertz CT molecular complexity index is 1340. The van der Waals surface area contributed by atoms with E-state index in [1.807, 2.05) is 12.1 Å². The van der Waals surface area contributed by atoms with Crippen LogP contribution in [0, 0.1) is 0 Å². The molecular formula is C32H46N2O5S. The Kier molecular flexibility index (Phi) is 12.2. The molecule has 40 heavy (non-hydrogen) atoms. The van der Waals surface area contributed by atoms with Crippen LogP contribution in [0.25, 0.3) is 11.0 Å². The molecule has 0 unspecified atom stereocenters. The van der Waals surface area contributed by atoms with Crippen molar-refractivity contribution in [2.75, 3.05) is 40.3 Å². The van der Waals surface area contributed by atoms with Gasteiger partial charge in [0.05, 0.1) is 17.1 Å². The Labute approximate surface area is 240 Å². The van der Waals surface area contributed by atoms with Gasteiger partial charge in [0.1, 0.15) is 17.1 Å². The van der Waals surface area contributed by atoms with E-state index in [2.05, 4.69) is 25.7 Å². The van der Waals surface area contributed by atoms with Gasteiger partial charge in [0.2, 0.25) is 10.0 Å². The van der Waals surface area contributed by atoms with E-state index in [4.69, 9.17) is 9.15 Å². The topological polar surface area (TPSA) is 80.1 Å². The Balaban J connectivity index is 1.82. The maximum absolute atomic E-state index is 13.9. The number of hydrogen-bond donors (Lipinski definition) is 0. The van der Waals surface area contributed by atoms with Crippen LogP contribution in [0.15, 0.2) is 51.8 Å². The summed E-state index contributed by atoms with van der Waals surface area (Å²) in [7, 11) is -0.677. The van der Waals surface area contributed by atoms with Crippen molar-refractivity contribution in [1.29, 1.82) is 0 Å². The standard InChI is InChI=1S/C32H46N2O5S/c1-6-9-16-30-31(28-24-27(17-18-29(28)39-30)40(36,37)33(4)5)32(35)25-14-12-15-26(23-25)38-22-13-21-34(19-10-7-2)20-11-8-3/h12,14-15,17-18,23-24H,6-11,13,16,19-22H2,1-5H3. The van der Waals surface area contributed by atoms with Gasteiger partial charge in [-0.1, -0.05) is 52.2 Å². The first-order valence-corrected chi connectivity index (χ1v) is 16.1. The summed E-state index contributed by atoms with van der Waals surface area (Å²) < 4.78 is 38.9. The van der Waals surface area contributed by atoms with E-state index in [1.54, 1.807) is 24.3 Å². The summed E-state index contributed by atoms with van der Waals surface area (Å²) in [6.45, 7) is 10.3. The molecule has 0 aliphatic heterocycles. The number of hydrogen-bond acceptors (Lipinski definition) is 6. The summed E-state index contributed by atoms with van der Waals surface area (Å²) in [6, 6.07) is 12.0. The molecule has 0 bridgehead atoms. The lowest BCUT2D eigenvalue weighted by Crippen LogP contribution is -2.28. The summed E-state index contributed by atoms with van der Waals surface area (Å²) in [6.07, 6.45) is 8.13. The van der Waals surface area contributed by atoms with E-state index in [0.717, 1.165) is 38.9 Å². The fraction of sp³-hybridized carbons (Fsp3) is 0.531. The number of fused-ring (bicyclic) bond motifs is 1. The molecule has 220 valence electrons. The second-order valence-electron chi connectivity index (χ2n) is 10.6. The zero-order valence-corrected chi connectivity index (χ0v) is 25.7. The number of nitrogens with zero attached hydrogens (tertiary/aromatic N) is 2. The molecule has 1 aromatic heterocycles. The second kappa shape index (κ2) is 15.4. The van der Waals surface area contributed by atoms with E-state index in [0.29, 0.717) is 46.6 Å². The smallest absolute Gasteiger partial charge is 0.242 e. The van der Waals surface area contributed by atoms with Gasteiger partial charge in [-0.25, -0.2) is 12.7 Å². The Morgan fingerprint density at radius 1 is 0.875 bits per heavy atom. The second-order valence-corrected chi connectivity index (χ2v) is 12.7. The first-order chi connectivity index (χ1) is 19.2. The molecule has 3 rings (SSSR count). The van der Waals surface area contributed by atoms with Gasteiger partial charge in [0.15, 0.2) is 5.78 Å². The molecule has 0 saturated carbocycles. The highest BCUT2D eigenvalue weighted by Gasteiger charge is 2.25. The van der Waals surface area contributed by atoms with E-state index in [9.17, 15) is 13.2 Å². The van der Waals surface area contributed by atoms with Crippen molar-refractivity contribution in [3.63, 3.8) is 0 Å². The lowest BCUT2D eigenvalue weighted by molar-refractivity contribution is 0.103. The Hall–Kier alpha value is -2.68. The van der Waals surface area contributed by atoms with Crippen LogP contribution in [0.1, 0.15) is 87.4 Å². The van der Waals surface area contributed by atoms with Crippen LogP contribution >= 0.6 is 0 Å². The van der Waals surface area contributed by atoms with Gasteiger partial charge < -0.3 is 14.1 Å². The number of unbranched alkanes of at least 4 members (excludes halogenated alkanes) is 3. The van der Waals surface area contributed by atoms with Crippen LogP contribution in [0.2, 0.25) is 0 Å². The Morgan fingerprint density at radius 3 is 2.20 bits per heavy atom. The molecule has 0 N–H and O–H groups in total. The molecule has 3 aromatic rings. The van der Waals surface area contributed by atoms with Crippen LogP contribution in [0.4, 0.5) is 0 Å².